The Kier molecular flexibility index (Phi) is 3.31. The number of likely N-dealkylation sites (N-methyl/N-ethyl adjacent to an activating group) is 1. The highest BCUT2D eigenvalue weighted by atomic mass is 79.9. The van der Waals surface area contributed by atoms with Crippen molar-refractivity contribution in [3.05, 3.63) is 22.6 Å². The Bertz CT molecular complexity index is 247. The summed E-state index contributed by atoms with van der Waals surface area (Å²) in [4.78, 5) is 2.03. The lowest BCUT2D eigenvalue weighted by Gasteiger charge is -2.14. The van der Waals surface area contributed by atoms with Gasteiger partial charge in [-0.3, -0.25) is 0 Å². The van der Waals surface area contributed by atoms with Crippen molar-refractivity contribution in [1.82, 2.24) is 4.90 Å². The first-order chi connectivity index (χ1) is 5.59. The van der Waals surface area contributed by atoms with E-state index in [1.165, 1.54) is 0 Å². The molecule has 1 rings (SSSR count). The van der Waals surface area contributed by atoms with Gasteiger partial charge >= 0.3 is 0 Å². The normalized spacial score (nSPS) is 13.8. The first-order valence-corrected chi connectivity index (χ1v) is 4.54. The fraction of sp³-hybridized carbons (Fsp3) is 0.500. The topological polar surface area (TPSA) is 42.4 Å². The molecule has 0 fully saturated rings. The molecule has 1 heterocycles. The van der Waals surface area contributed by atoms with Gasteiger partial charge in [0.25, 0.3) is 0 Å². The van der Waals surface area contributed by atoms with E-state index in [2.05, 4.69) is 15.9 Å². The molecule has 0 aliphatic rings. The van der Waals surface area contributed by atoms with Crippen molar-refractivity contribution in [2.45, 2.75) is 6.04 Å². The summed E-state index contributed by atoms with van der Waals surface area (Å²) in [7, 11) is 3.97. The van der Waals surface area contributed by atoms with E-state index in [-0.39, 0.29) is 6.04 Å². The number of nitrogens with zero attached hydrogens (tertiary/aromatic N) is 1. The molecule has 0 spiro atoms. The molecule has 0 saturated heterocycles. The van der Waals surface area contributed by atoms with E-state index in [9.17, 15) is 0 Å². The minimum absolute atomic E-state index is 0.0497. The highest BCUT2D eigenvalue weighted by Gasteiger charge is 2.10. The first kappa shape index (κ1) is 9.77. The SMILES string of the molecule is CN(C)CC(N)c1ccc(Br)o1. The van der Waals surface area contributed by atoms with Crippen LogP contribution < -0.4 is 5.73 Å². The van der Waals surface area contributed by atoms with Gasteiger partial charge in [0.15, 0.2) is 4.67 Å². The lowest BCUT2D eigenvalue weighted by Crippen LogP contribution is -2.25. The molecule has 0 aliphatic heterocycles. The van der Waals surface area contributed by atoms with Gasteiger partial charge in [0.1, 0.15) is 5.76 Å². The number of furan rings is 1. The zero-order chi connectivity index (χ0) is 9.14. The van der Waals surface area contributed by atoms with Crippen LogP contribution in [0, 0.1) is 0 Å². The van der Waals surface area contributed by atoms with Gasteiger partial charge in [-0.1, -0.05) is 0 Å². The van der Waals surface area contributed by atoms with Gasteiger partial charge < -0.3 is 15.1 Å². The third-order valence-electron chi connectivity index (χ3n) is 1.52. The lowest BCUT2D eigenvalue weighted by atomic mass is 10.2. The third-order valence-corrected chi connectivity index (χ3v) is 1.95. The molecule has 12 heavy (non-hydrogen) atoms. The van der Waals surface area contributed by atoms with Gasteiger partial charge in [0.2, 0.25) is 0 Å². The summed E-state index contributed by atoms with van der Waals surface area (Å²) < 4.78 is 6.04. The highest BCUT2D eigenvalue weighted by Crippen LogP contribution is 2.18. The van der Waals surface area contributed by atoms with E-state index in [0.29, 0.717) is 0 Å². The molecule has 0 aromatic carbocycles. The molecular weight excluding hydrogens is 220 g/mol. The molecular formula is C8H13BrN2O. The molecule has 68 valence electrons. The lowest BCUT2D eigenvalue weighted by molar-refractivity contribution is 0.342. The molecule has 3 nitrogen and oxygen atoms in total. The third kappa shape index (κ3) is 2.62. The molecule has 1 aromatic heterocycles. The minimum atomic E-state index is -0.0497. The van der Waals surface area contributed by atoms with Crippen molar-refractivity contribution >= 4 is 15.9 Å². The molecule has 1 atom stereocenters. The Labute approximate surface area is 80.7 Å². The summed E-state index contributed by atoms with van der Waals surface area (Å²) in [6.45, 7) is 0.792. The molecule has 0 amide bonds. The predicted molar refractivity (Wildman–Crippen MR) is 51.9 cm³/mol. The summed E-state index contributed by atoms with van der Waals surface area (Å²) in [6, 6.07) is 3.69. The van der Waals surface area contributed by atoms with Crippen LogP contribution in [-0.4, -0.2) is 25.5 Å². The maximum Gasteiger partial charge on any atom is 0.169 e. The van der Waals surface area contributed by atoms with Crippen LogP contribution in [0.1, 0.15) is 11.8 Å². The van der Waals surface area contributed by atoms with E-state index in [4.69, 9.17) is 10.2 Å². The van der Waals surface area contributed by atoms with Crippen molar-refractivity contribution in [3.8, 4) is 0 Å². The molecule has 0 aliphatic carbocycles. The monoisotopic (exact) mass is 232 g/mol. The van der Waals surface area contributed by atoms with Crippen LogP contribution in [-0.2, 0) is 0 Å². The van der Waals surface area contributed by atoms with Crippen molar-refractivity contribution in [3.63, 3.8) is 0 Å². The summed E-state index contributed by atoms with van der Waals surface area (Å²) in [5.74, 6) is 0.815. The van der Waals surface area contributed by atoms with Crippen LogP contribution >= 0.6 is 15.9 Å². The van der Waals surface area contributed by atoms with Crippen LogP contribution in [0.4, 0.5) is 0 Å². The van der Waals surface area contributed by atoms with E-state index >= 15 is 0 Å². The van der Waals surface area contributed by atoms with Crippen molar-refractivity contribution in [1.29, 1.82) is 0 Å². The van der Waals surface area contributed by atoms with Gasteiger partial charge in [0.05, 0.1) is 6.04 Å². The van der Waals surface area contributed by atoms with Gasteiger partial charge in [-0.2, -0.15) is 0 Å². The number of halogens is 1. The van der Waals surface area contributed by atoms with E-state index in [1.807, 2.05) is 31.1 Å². The second kappa shape index (κ2) is 4.07. The predicted octanol–water partition coefficient (Wildman–Crippen LogP) is 1.60. The van der Waals surface area contributed by atoms with E-state index in [1.54, 1.807) is 0 Å². The molecule has 1 unspecified atom stereocenters. The maximum atomic E-state index is 5.85. The van der Waals surface area contributed by atoms with Crippen LogP contribution in [0.5, 0.6) is 0 Å². The van der Waals surface area contributed by atoms with Crippen molar-refractivity contribution < 1.29 is 4.42 Å². The molecule has 0 bridgehead atoms. The number of nitrogens with two attached hydrogens (primary N) is 1. The first-order valence-electron chi connectivity index (χ1n) is 3.75. The van der Waals surface area contributed by atoms with E-state index in [0.717, 1.165) is 17.0 Å². The van der Waals surface area contributed by atoms with Gasteiger partial charge in [-0.05, 0) is 42.2 Å². The molecule has 2 N–H and O–H groups in total. The fourth-order valence-corrected chi connectivity index (χ4v) is 1.33. The van der Waals surface area contributed by atoms with Crippen molar-refractivity contribution in [2.75, 3.05) is 20.6 Å². The second-order valence-corrected chi connectivity index (χ2v) is 3.79. The average Bonchev–Trinajstić information content (AvgIpc) is 2.34. The number of hydrogen-bond donors (Lipinski definition) is 1. The maximum absolute atomic E-state index is 5.85. The quantitative estimate of drug-likeness (QED) is 0.862. The molecule has 1 aromatic rings. The van der Waals surface area contributed by atoms with Crippen LogP contribution in [0.15, 0.2) is 21.2 Å². The zero-order valence-electron chi connectivity index (χ0n) is 7.25. The van der Waals surface area contributed by atoms with Crippen molar-refractivity contribution in [2.24, 2.45) is 5.73 Å². The summed E-state index contributed by atoms with van der Waals surface area (Å²) in [5.41, 5.74) is 5.85. The summed E-state index contributed by atoms with van der Waals surface area (Å²) in [6.07, 6.45) is 0. The zero-order valence-corrected chi connectivity index (χ0v) is 8.84. The number of hydrogen-bond acceptors (Lipinski definition) is 3. The Hall–Kier alpha value is -0.320. The van der Waals surface area contributed by atoms with E-state index < -0.39 is 0 Å². The molecule has 4 heteroatoms. The summed E-state index contributed by atoms with van der Waals surface area (Å²) >= 11 is 3.23. The number of rotatable bonds is 3. The minimum Gasteiger partial charge on any atom is -0.453 e. The standard InChI is InChI=1S/C8H13BrN2O/c1-11(2)5-6(10)7-3-4-8(9)12-7/h3-4,6H,5,10H2,1-2H3. The molecule has 0 radical (unpaired) electrons. The van der Waals surface area contributed by atoms with Gasteiger partial charge in [-0.25, -0.2) is 0 Å². The Morgan fingerprint density at radius 1 is 1.58 bits per heavy atom. The largest absolute Gasteiger partial charge is 0.453 e. The van der Waals surface area contributed by atoms with Crippen LogP contribution in [0.25, 0.3) is 0 Å². The second-order valence-electron chi connectivity index (χ2n) is 3.01. The summed E-state index contributed by atoms with van der Waals surface area (Å²) in [5, 5.41) is 0. The molecule has 0 saturated carbocycles. The highest BCUT2D eigenvalue weighted by molar-refractivity contribution is 9.10. The van der Waals surface area contributed by atoms with Gasteiger partial charge in [0, 0.05) is 6.54 Å². The Balaban J connectivity index is 2.58. The Morgan fingerprint density at radius 2 is 2.25 bits per heavy atom. The van der Waals surface area contributed by atoms with Crippen LogP contribution in [0.2, 0.25) is 0 Å². The fourth-order valence-electron chi connectivity index (χ4n) is 1.01. The Morgan fingerprint density at radius 3 is 2.67 bits per heavy atom. The van der Waals surface area contributed by atoms with Crippen LogP contribution in [0.3, 0.4) is 0 Å². The average molecular weight is 233 g/mol. The smallest absolute Gasteiger partial charge is 0.169 e. The van der Waals surface area contributed by atoms with Gasteiger partial charge in [-0.15, -0.1) is 0 Å².